The van der Waals surface area contributed by atoms with Gasteiger partial charge in [0.25, 0.3) is 5.91 Å². The van der Waals surface area contributed by atoms with Crippen LogP contribution in [0.25, 0.3) is 6.08 Å². The first kappa shape index (κ1) is 12.6. The van der Waals surface area contributed by atoms with Crippen molar-refractivity contribution in [3.63, 3.8) is 0 Å². The van der Waals surface area contributed by atoms with Crippen LogP contribution in [-0.2, 0) is 9.53 Å². The maximum atomic E-state index is 12.1. The molecule has 18 heavy (non-hydrogen) atoms. The molecule has 0 spiro atoms. The maximum Gasteiger partial charge on any atom is 0.300 e. The fraction of sp³-hybridized carbons (Fsp3) is 0.231. The van der Waals surface area contributed by atoms with Crippen molar-refractivity contribution in [2.75, 3.05) is 13.1 Å². The molecule has 1 fully saturated rings. The molecule has 1 saturated heterocycles. The Bertz CT molecular complexity index is 503. The lowest BCUT2D eigenvalue weighted by Gasteiger charge is -2.08. The van der Waals surface area contributed by atoms with Gasteiger partial charge in [-0.15, -0.1) is 17.9 Å². The number of amidine groups is 1. The monoisotopic (exact) mass is 262 g/mol. The number of hydrogen-bond acceptors (Lipinski definition) is 4. The molecule has 0 bridgehead atoms. The zero-order valence-electron chi connectivity index (χ0n) is 10.1. The number of carbonyl (C=O) groups excluding carboxylic acids is 1. The standard InChI is InChI=1S/C13H14N2O2S/c1-3-7-14-13-15(4-2)12(16)11(17-13)9-10-6-5-8-18-10/h3,5-6,8-9H,1,4,7H2,2H3. The van der Waals surface area contributed by atoms with E-state index in [1.54, 1.807) is 23.5 Å². The Kier molecular flexibility index (Phi) is 3.94. The third-order valence-corrected chi connectivity index (χ3v) is 3.20. The summed E-state index contributed by atoms with van der Waals surface area (Å²) in [7, 11) is 0. The molecule has 2 heterocycles. The molecule has 0 aliphatic carbocycles. The molecule has 1 aliphatic heterocycles. The van der Waals surface area contributed by atoms with E-state index in [2.05, 4.69) is 11.6 Å². The second kappa shape index (κ2) is 5.64. The summed E-state index contributed by atoms with van der Waals surface area (Å²) in [6.07, 6.45) is 3.40. The quantitative estimate of drug-likeness (QED) is 0.618. The van der Waals surface area contributed by atoms with E-state index in [0.29, 0.717) is 24.9 Å². The molecule has 1 aromatic rings. The summed E-state index contributed by atoms with van der Waals surface area (Å²) >= 11 is 1.56. The first-order valence-corrected chi connectivity index (χ1v) is 6.54. The summed E-state index contributed by atoms with van der Waals surface area (Å²) in [6, 6.07) is 4.22. The Hall–Kier alpha value is -1.88. The second-order valence-electron chi connectivity index (χ2n) is 3.59. The molecule has 0 aromatic carbocycles. The van der Waals surface area contributed by atoms with Gasteiger partial charge in [0.05, 0.1) is 6.54 Å². The van der Waals surface area contributed by atoms with Crippen molar-refractivity contribution in [3.8, 4) is 0 Å². The molecule has 0 N–H and O–H groups in total. The van der Waals surface area contributed by atoms with E-state index in [0.717, 1.165) is 4.88 Å². The lowest BCUT2D eigenvalue weighted by atomic mass is 10.3. The average molecular weight is 262 g/mol. The minimum absolute atomic E-state index is 0.145. The van der Waals surface area contributed by atoms with Crippen molar-refractivity contribution < 1.29 is 9.53 Å². The van der Waals surface area contributed by atoms with E-state index < -0.39 is 0 Å². The van der Waals surface area contributed by atoms with E-state index in [1.165, 1.54) is 4.90 Å². The van der Waals surface area contributed by atoms with E-state index in [4.69, 9.17) is 4.74 Å². The van der Waals surface area contributed by atoms with Gasteiger partial charge in [0, 0.05) is 17.5 Å². The zero-order valence-corrected chi connectivity index (χ0v) is 10.9. The van der Waals surface area contributed by atoms with Crippen LogP contribution >= 0.6 is 11.3 Å². The second-order valence-corrected chi connectivity index (χ2v) is 4.57. The Balaban J connectivity index is 2.25. The van der Waals surface area contributed by atoms with E-state index in [-0.39, 0.29) is 5.91 Å². The van der Waals surface area contributed by atoms with Gasteiger partial charge < -0.3 is 4.74 Å². The molecule has 1 amide bonds. The fourth-order valence-electron chi connectivity index (χ4n) is 1.55. The predicted molar refractivity (Wildman–Crippen MR) is 73.3 cm³/mol. The highest BCUT2D eigenvalue weighted by Gasteiger charge is 2.33. The van der Waals surface area contributed by atoms with Gasteiger partial charge in [0.1, 0.15) is 0 Å². The van der Waals surface area contributed by atoms with Crippen LogP contribution in [0.5, 0.6) is 0 Å². The summed E-state index contributed by atoms with van der Waals surface area (Å²) in [5, 5.41) is 1.95. The lowest BCUT2D eigenvalue weighted by molar-refractivity contribution is -0.122. The number of hydrogen-bond donors (Lipinski definition) is 0. The molecule has 0 atom stereocenters. The number of nitrogens with zero attached hydrogens (tertiary/aromatic N) is 2. The lowest BCUT2D eigenvalue weighted by Crippen LogP contribution is -2.29. The van der Waals surface area contributed by atoms with Gasteiger partial charge in [-0.25, -0.2) is 4.99 Å². The third-order valence-electron chi connectivity index (χ3n) is 2.38. The predicted octanol–water partition coefficient (Wildman–Crippen LogP) is 2.51. The Labute approximate surface area is 110 Å². The Morgan fingerprint density at radius 2 is 2.44 bits per heavy atom. The van der Waals surface area contributed by atoms with Crippen LogP contribution in [-0.4, -0.2) is 29.9 Å². The van der Waals surface area contributed by atoms with E-state index in [9.17, 15) is 4.79 Å². The molecule has 4 nitrogen and oxygen atoms in total. The minimum Gasteiger partial charge on any atom is -0.420 e. The van der Waals surface area contributed by atoms with Crippen LogP contribution in [0.1, 0.15) is 11.8 Å². The molecule has 1 aromatic heterocycles. The van der Waals surface area contributed by atoms with E-state index >= 15 is 0 Å². The molecule has 2 rings (SSSR count). The molecule has 5 heteroatoms. The highest BCUT2D eigenvalue weighted by atomic mass is 32.1. The normalized spacial score (nSPS) is 19.6. The van der Waals surface area contributed by atoms with Crippen molar-refractivity contribution >= 4 is 29.3 Å². The fourth-order valence-corrected chi connectivity index (χ4v) is 2.20. The number of ether oxygens (including phenoxy) is 1. The summed E-state index contributed by atoms with van der Waals surface area (Å²) < 4.78 is 5.50. The van der Waals surface area contributed by atoms with Crippen LogP contribution in [0.3, 0.4) is 0 Å². The highest BCUT2D eigenvalue weighted by Crippen LogP contribution is 2.21. The number of carbonyl (C=O) groups is 1. The van der Waals surface area contributed by atoms with Gasteiger partial charge in [0.2, 0.25) is 0 Å². The molecule has 0 saturated carbocycles. The zero-order chi connectivity index (χ0) is 13.0. The Morgan fingerprint density at radius 3 is 3.06 bits per heavy atom. The summed E-state index contributed by atoms with van der Waals surface area (Å²) in [6.45, 7) is 6.45. The van der Waals surface area contributed by atoms with Crippen LogP contribution < -0.4 is 0 Å². The van der Waals surface area contributed by atoms with Crippen molar-refractivity contribution in [1.29, 1.82) is 0 Å². The maximum absolute atomic E-state index is 12.1. The molecule has 0 radical (unpaired) electrons. The number of aliphatic imine (C=N–C) groups is 1. The summed E-state index contributed by atoms with van der Waals surface area (Å²) in [5.41, 5.74) is 0. The van der Waals surface area contributed by atoms with Gasteiger partial charge >= 0.3 is 6.02 Å². The number of likely N-dealkylation sites (N-methyl/N-ethyl adjacent to an activating group) is 1. The van der Waals surface area contributed by atoms with Crippen LogP contribution in [0.2, 0.25) is 0 Å². The SMILES string of the molecule is C=CCN=C1OC(=Cc2cccs2)C(=O)N1CC. The molecule has 1 aliphatic rings. The van der Waals surface area contributed by atoms with Gasteiger partial charge in [-0.3, -0.25) is 9.69 Å². The average Bonchev–Trinajstić information content (AvgIpc) is 2.97. The minimum atomic E-state index is -0.145. The van der Waals surface area contributed by atoms with Crippen molar-refractivity contribution in [2.24, 2.45) is 4.99 Å². The first-order valence-electron chi connectivity index (χ1n) is 5.66. The van der Waals surface area contributed by atoms with E-state index in [1.807, 2.05) is 24.4 Å². The Morgan fingerprint density at radius 1 is 1.61 bits per heavy atom. The number of amides is 1. The molecular formula is C13H14N2O2S. The molecular weight excluding hydrogens is 248 g/mol. The highest BCUT2D eigenvalue weighted by molar-refractivity contribution is 7.10. The van der Waals surface area contributed by atoms with Crippen molar-refractivity contribution in [2.45, 2.75) is 6.92 Å². The number of thiophene rings is 1. The number of rotatable bonds is 4. The molecule has 0 unspecified atom stereocenters. The first-order chi connectivity index (χ1) is 8.76. The largest absolute Gasteiger partial charge is 0.420 e. The van der Waals surface area contributed by atoms with Gasteiger partial charge in [-0.2, -0.15) is 0 Å². The van der Waals surface area contributed by atoms with Gasteiger partial charge in [-0.05, 0) is 18.4 Å². The summed E-state index contributed by atoms with van der Waals surface area (Å²) in [5.74, 6) is 0.177. The third kappa shape index (κ3) is 2.51. The molecule has 94 valence electrons. The van der Waals surface area contributed by atoms with Crippen molar-refractivity contribution in [3.05, 3.63) is 40.8 Å². The topological polar surface area (TPSA) is 41.9 Å². The van der Waals surface area contributed by atoms with Gasteiger partial charge in [0.15, 0.2) is 5.76 Å². The van der Waals surface area contributed by atoms with Crippen LogP contribution in [0.4, 0.5) is 0 Å². The van der Waals surface area contributed by atoms with Gasteiger partial charge in [-0.1, -0.05) is 12.1 Å². The van der Waals surface area contributed by atoms with Crippen LogP contribution in [0, 0.1) is 0 Å². The van der Waals surface area contributed by atoms with Crippen molar-refractivity contribution in [1.82, 2.24) is 4.90 Å². The summed E-state index contributed by atoms with van der Waals surface area (Å²) in [4.78, 5) is 18.7. The smallest absolute Gasteiger partial charge is 0.300 e. The van der Waals surface area contributed by atoms with Crippen LogP contribution in [0.15, 0.2) is 40.9 Å².